The second-order valence-electron chi connectivity index (χ2n) is 4.83. The lowest BCUT2D eigenvalue weighted by molar-refractivity contribution is 0.0383. The van der Waals surface area contributed by atoms with Gasteiger partial charge in [0, 0.05) is 44.8 Å². The van der Waals surface area contributed by atoms with Crippen LogP contribution in [0.25, 0.3) is 11.2 Å². The number of morpholine rings is 1. The molecule has 1 fully saturated rings. The van der Waals surface area contributed by atoms with Crippen molar-refractivity contribution in [1.29, 1.82) is 0 Å². The van der Waals surface area contributed by atoms with Gasteiger partial charge in [0.1, 0.15) is 5.52 Å². The molecular weight excluding hydrogens is 270 g/mol. The van der Waals surface area contributed by atoms with Crippen LogP contribution in [-0.2, 0) is 4.74 Å². The molecule has 0 aromatic carbocycles. The molecule has 0 saturated carbocycles. The van der Waals surface area contributed by atoms with Crippen LogP contribution in [0.5, 0.6) is 0 Å². The van der Waals surface area contributed by atoms with Crippen molar-refractivity contribution in [3.05, 3.63) is 30.2 Å². The average Bonchev–Trinajstić information content (AvgIpc) is 2.55. The molecule has 1 aliphatic heterocycles. The Hall–Kier alpha value is -2.12. The van der Waals surface area contributed by atoms with E-state index in [4.69, 9.17) is 4.74 Å². The van der Waals surface area contributed by atoms with Gasteiger partial charge >= 0.3 is 0 Å². The van der Waals surface area contributed by atoms with Gasteiger partial charge in [0.25, 0.3) is 5.91 Å². The van der Waals surface area contributed by atoms with Crippen molar-refractivity contribution in [1.82, 2.24) is 25.2 Å². The van der Waals surface area contributed by atoms with Crippen molar-refractivity contribution >= 4 is 17.1 Å². The Labute approximate surface area is 122 Å². The summed E-state index contributed by atoms with van der Waals surface area (Å²) in [5, 5.41) is 2.90. The zero-order valence-corrected chi connectivity index (χ0v) is 11.7. The van der Waals surface area contributed by atoms with Gasteiger partial charge < -0.3 is 10.1 Å². The van der Waals surface area contributed by atoms with Gasteiger partial charge in [0.15, 0.2) is 5.65 Å². The maximum absolute atomic E-state index is 12.1. The lowest BCUT2D eigenvalue weighted by atomic mass is 10.2. The highest BCUT2D eigenvalue weighted by atomic mass is 16.5. The fraction of sp³-hybridized carbons (Fsp3) is 0.429. The zero-order valence-electron chi connectivity index (χ0n) is 11.7. The largest absolute Gasteiger partial charge is 0.379 e. The van der Waals surface area contributed by atoms with Crippen molar-refractivity contribution in [3.63, 3.8) is 0 Å². The summed E-state index contributed by atoms with van der Waals surface area (Å²) in [6.45, 7) is 4.81. The van der Waals surface area contributed by atoms with Crippen LogP contribution in [0.15, 0.2) is 24.7 Å². The van der Waals surface area contributed by atoms with Gasteiger partial charge in [-0.05, 0) is 6.07 Å². The molecule has 1 aliphatic rings. The standard InChI is InChI=1S/C14H17N5O2/c20-14(17-3-4-19-5-7-21-8-6-19)11-9-12-13(18-10-11)16-2-1-15-12/h1-2,9-10H,3-8H2,(H,17,20). The number of carbonyl (C=O) groups is 1. The summed E-state index contributed by atoms with van der Waals surface area (Å²) in [4.78, 5) is 26.7. The lowest BCUT2D eigenvalue weighted by Gasteiger charge is -2.26. The molecule has 3 heterocycles. The Morgan fingerprint density at radius 2 is 2.05 bits per heavy atom. The van der Waals surface area contributed by atoms with E-state index in [1.54, 1.807) is 18.5 Å². The van der Waals surface area contributed by atoms with Gasteiger partial charge in [-0.1, -0.05) is 0 Å². The first-order chi connectivity index (χ1) is 10.3. The molecule has 0 unspecified atom stereocenters. The lowest BCUT2D eigenvalue weighted by Crippen LogP contribution is -2.41. The van der Waals surface area contributed by atoms with Gasteiger partial charge in [-0.3, -0.25) is 14.7 Å². The van der Waals surface area contributed by atoms with E-state index < -0.39 is 0 Å². The second-order valence-corrected chi connectivity index (χ2v) is 4.83. The Bertz CT molecular complexity index is 628. The number of carbonyl (C=O) groups excluding carboxylic acids is 1. The molecular formula is C14H17N5O2. The van der Waals surface area contributed by atoms with Crippen LogP contribution in [0.2, 0.25) is 0 Å². The second kappa shape index (κ2) is 6.55. The molecule has 2 aromatic rings. The number of fused-ring (bicyclic) bond motifs is 1. The number of hydrogen-bond acceptors (Lipinski definition) is 6. The van der Waals surface area contributed by atoms with Crippen molar-refractivity contribution in [2.24, 2.45) is 0 Å². The fourth-order valence-corrected chi connectivity index (χ4v) is 2.24. The Kier molecular flexibility index (Phi) is 4.32. The molecule has 0 bridgehead atoms. The summed E-state index contributed by atoms with van der Waals surface area (Å²) in [6.07, 6.45) is 4.70. The van der Waals surface area contributed by atoms with Gasteiger partial charge in [-0.25, -0.2) is 9.97 Å². The predicted molar refractivity (Wildman–Crippen MR) is 76.9 cm³/mol. The van der Waals surface area contributed by atoms with Gasteiger partial charge in [0.2, 0.25) is 0 Å². The van der Waals surface area contributed by atoms with Gasteiger partial charge in [-0.15, -0.1) is 0 Å². The molecule has 7 nitrogen and oxygen atoms in total. The van der Waals surface area contributed by atoms with E-state index in [2.05, 4.69) is 25.2 Å². The van der Waals surface area contributed by atoms with Crippen LogP contribution in [-0.4, -0.2) is 65.2 Å². The Morgan fingerprint density at radius 1 is 1.24 bits per heavy atom. The number of pyridine rings is 1. The van der Waals surface area contributed by atoms with Crippen LogP contribution in [0.4, 0.5) is 0 Å². The molecule has 2 aromatic heterocycles. The molecule has 1 saturated heterocycles. The number of nitrogens with one attached hydrogen (secondary N) is 1. The molecule has 0 spiro atoms. The van der Waals surface area contributed by atoms with E-state index in [1.165, 1.54) is 6.20 Å². The maximum atomic E-state index is 12.1. The molecule has 7 heteroatoms. The summed E-state index contributed by atoms with van der Waals surface area (Å²) in [7, 11) is 0. The number of nitrogens with zero attached hydrogens (tertiary/aromatic N) is 4. The average molecular weight is 287 g/mol. The molecule has 3 rings (SSSR count). The number of hydrogen-bond donors (Lipinski definition) is 1. The van der Waals surface area contributed by atoms with Gasteiger partial charge in [-0.2, -0.15) is 0 Å². The van der Waals surface area contributed by atoms with Gasteiger partial charge in [0.05, 0.1) is 18.8 Å². The first kappa shape index (κ1) is 13.8. The molecule has 21 heavy (non-hydrogen) atoms. The summed E-state index contributed by atoms with van der Waals surface area (Å²) in [5.41, 5.74) is 1.67. The third kappa shape index (κ3) is 3.50. The maximum Gasteiger partial charge on any atom is 0.252 e. The Balaban J connectivity index is 1.56. The quantitative estimate of drug-likeness (QED) is 0.858. The summed E-state index contributed by atoms with van der Waals surface area (Å²) >= 11 is 0. The highest BCUT2D eigenvalue weighted by Crippen LogP contribution is 2.07. The third-order valence-corrected chi connectivity index (χ3v) is 3.40. The van der Waals surface area contributed by atoms with E-state index in [0.717, 1.165) is 32.8 Å². The Morgan fingerprint density at radius 3 is 2.90 bits per heavy atom. The molecule has 0 aliphatic carbocycles. The molecule has 1 amide bonds. The number of ether oxygens (including phenoxy) is 1. The molecule has 0 radical (unpaired) electrons. The summed E-state index contributed by atoms with van der Waals surface area (Å²) < 4.78 is 5.29. The highest BCUT2D eigenvalue weighted by molar-refractivity contribution is 5.96. The highest BCUT2D eigenvalue weighted by Gasteiger charge is 2.11. The van der Waals surface area contributed by atoms with E-state index in [0.29, 0.717) is 23.3 Å². The van der Waals surface area contributed by atoms with E-state index in [9.17, 15) is 4.79 Å². The summed E-state index contributed by atoms with van der Waals surface area (Å²) in [6, 6.07) is 1.71. The minimum absolute atomic E-state index is 0.136. The third-order valence-electron chi connectivity index (χ3n) is 3.40. The number of rotatable bonds is 4. The first-order valence-corrected chi connectivity index (χ1v) is 6.98. The number of aromatic nitrogens is 3. The van der Waals surface area contributed by atoms with Crippen LogP contribution in [0.3, 0.4) is 0 Å². The number of amides is 1. The zero-order chi connectivity index (χ0) is 14.5. The first-order valence-electron chi connectivity index (χ1n) is 6.98. The van der Waals surface area contributed by atoms with Crippen molar-refractivity contribution in [3.8, 4) is 0 Å². The fourth-order valence-electron chi connectivity index (χ4n) is 2.24. The van der Waals surface area contributed by atoms with Crippen LogP contribution >= 0.6 is 0 Å². The SMILES string of the molecule is O=C(NCCN1CCOCC1)c1cnc2nccnc2c1. The van der Waals surface area contributed by atoms with Crippen molar-refractivity contribution < 1.29 is 9.53 Å². The van der Waals surface area contributed by atoms with E-state index in [-0.39, 0.29) is 5.91 Å². The van der Waals surface area contributed by atoms with Crippen LogP contribution in [0, 0.1) is 0 Å². The molecule has 110 valence electrons. The minimum Gasteiger partial charge on any atom is -0.379 e. The van der Waals surface area contributed by atoms with Crippen molar-refractivity contribution in [2.45, 2.75) is 0 Å². The summed E-state index contributed by atoms with van der Waals surface area (Å²) in [5.74, 6) is -0.136. The molecule has 0 atom stereocenters. The van der Waals surface area contributed by atoms with E-state index >= 15 is 0 Å². The topological polar surface area (TPSA) is 80.2 Å². The van der Waals surface area contributed by atoms with E-state index in [1.807, 2.05) is 0 Å². The molecule has 1 N–H and O–H groups in total. The monoisotopic (exact) mass is 287 g/mol. The smallest absolute Gasteiger partial charge is 0.252 e. The van der Waals surface area contributed by atoms with Crippen molar-refractivity contribution in [2.75, 3.05) is 39.4 Å². The normalized spacial score (nSPS) is 16.0. The predicted octanol–water partition coefficient (Wildman–Crippen LogP) is 0.0868. The minimum atomic E-state index is -0.136. The van der Waals surface area contributed by atoms with Crippen LogP contribution in [0.1, 0.15) is 10.4 Å². The van der Waals surface area contributed by atoms with Crippen LogP contribution < -0.4 is 5.32 Å².